The van der Waals surface area contributed by atoms with E-state index in [0.717, 1.165) is 0 Å². The van der Waals surface area contributed by atoms with Gasteiger partial charge in [0.2, 0.25) is 6.04 Å². The van der Waals surface area contributed by atoms with E-state index in [1.807, 2.05) is 0 Å². The molecule has 0 aliphatic carbocycles. The van der Waals surface area contributed by atoms with E-state index in [-0.39, 0.29) is 6.42 Å². The number of rotatable bonds is 7. The van der Waals surface area contributed by atoms with Gasteiger partial charge in [-0.2, -0.15) is 9.71 Å². The smallest absolute Gasteiger partial charge is 0.478 e. The predicted molar refractivity (Wildman–Crippen MR) is 71.5 cm³/mol. The lowest BCUT2D eigenvalue weighted by atomic mass is 10.1. The number of carboxylic acid groups (broad SMARTS) is 1. The van der Waals surface area contributed by atoms with Crippen molar-refractivity contribution in [3.63, 3.8) is 0 Å². The van der Waals surface area contributed by atoms with E-state index in [4.69, 9.17) is 21.1 Å². The van der Waals surface area contributed by atoms with Crippen LogP contribution >= 0.6 is 0 Å². The summed E-state index contributed by atoms with van der Waals surface area (Å²) in [7, 11) is 0. The number of hydrogen-bond donors (Lipinski definition) is 2. The standard InChI is InChI=1S/C11H21N5O4/c1-11(2,3)20-10(19)16(15-14-13)8(9(17)18)6-4-5-7-12/h8H,4-7,12H2,1-3H3,(H,17,18). The third-order valence-corrected chi connectivity index (χ3v) is 2.23. The Hall–Kier alpha value is -1.99. The fourth-order valence-electron chi connectivity index (χ4n) is 1.41. The number of hydrogen-bond acceptors (Lipinski definition) is 5. The number of azide groups is 1. The normalized spacial score (nSPS) is 12.2. The molecule has 114 valence electrons. The van der Waals surface area contributed by atoms with E-state index in [2.05, 4.69) is 10.1 Å². The first-order valence-corrected chi connectivity index (χ1v) is 6.23. The molecule has 1 atom stereocenters. The highest BCUT2D eigenvalue weighted by Gasteiger charge is 2.36. The van der Waals surface area contributed by atoms with Crippen LogP contribution in [0.1, 0.15) is 40.0 Å². The first-order valence-electron chi connectivity index (χ1n) is 6.23. The molecule has 0 heterocycles. The van der Waals surface area contributed by atoms with Crippen LogP contribution in [-0.4, -0.2) is 40.4 Å². The highest BCUT2D eigenvalue weighted by Crippen LogP contribution is 2.16. The van der Waals surface area contributed by atoms with Crippen LogP contribution in [0.3, 0.4) is 0 Å². The molecule has 0 aromatic heterocycles. The van der Waals surface area contributed by atoms with Crippen molar-refractivity contribution in [3.8, 4) is 0 Å². The van der Waals surface area contributed by atoms with Gasteiger partial charge in [-0.15, -0.1) is 10.5 Å². The highest BCUT2D eigenvalue weighted by molar-refractivity contribution is 5.79. The molecular formula is C11H21N5O4. The second-order valence-electron chi connectivity index (χ2n) is 5.14. The average Bonchev–Trinajstić information content (AvgIpc) is 2.30. The zero-order valence-electron chi connectivity index (χ0n) is 11.9. The minimum absolute atomic E-state index is 0.130. The molecule has 1 amide bonds. The lowest BCUT2D eigenvalue weighted by Gasteiger charge is -2.24. The van der Waals surface area contributed by atoms with Gasteiger partial charge in [-0.1, -0.05) is 0 Å². The van der Waals surface area contributed by atoms with Crippen molar-refractivity contribution in [1.29, 1.82) is 0 Å². The Morgan fingerprint density at radius 1 is 1.45 bits per heavy atom. The van der Waals surface area contributed by atoms with Crippen molar-refractivity contribution < 1.29 is 19.4 Å². The summed E-state index contributed by atoms with van der Waals surface area (Å²) in [6.07, 6.45) is 0.246. The van der Waals surface area contributed by atoms with Gasteiger partial charge in [-0.05, 0) is 51.8 Å². The third-order valence-electron chi connectivity index (χ3n) is 2.23. The molecule has 0 aromatic rings. The lowest BCUT2D eigenvalue weighted by molar-refractivity contribution is -0.143. The topological polar surface area (TPSA) is 142 Å². The number of aliphatic carboxylic acids is 1. The van der Waals surface area contributed by atoms with Gasteiger partial charge >= 0.3 is 12.1 Å². The number of nitrogens with two attached hydrogens (primary N) is 1. The Balaban J connectivity index is 5.03. The third kappa shape index (κ3) is 6.81. The fourth-order valence-corrected chi connectivity index (χ4v) is 1.41. The molecule has 0 radical (unpaired) electrons. The summed E-state index contributed by atoms with van der Waals surface area (Å²) in [6, 6.07) is -1.27. The van der Waals surface area contributed by atoms with Crippen molar-refractivity contribution in [1.82, 2.24) is 5.01 Å². The summed E-state index contributed by atoms with van der Waals surface area (Å²) in [5.41, 5.74) is 13.0. The van der Waals surface area contributed by atoms with Gasteiger partial charge in [-0.25, -0.2) is 4.79 Å². The molecular weight excluding hydrogens is 266 g/mol. The number of carbonyl (C=O) groups is 2. The molecule has 0 aliphatic rings. The second kappa shape index (κ2) is 8.23. The quantitative estimate of drug-likeness (QED) is 0.242. The zero-order valence-corrected chi connectivity index (χ0v) is 11.9. The van der Waals surface area contributed by atoms with Crippen molar-refractivity contribution in [2.75, 3.05) is 6.54 Å². The minimum Gasteiger partial charge on any atom is -0.478 e. The number of carboxylic acids is 1. The monoisotopic (exact) mass is 287 g/mol. The molecule has 0 rings (SSSR count). The molecule has 0 bridgehead atoms. The van der Waals surface area contributed by atoms with Crippen LogP contribution in [-0.2, 0) is 9.53 Å². The van der Waals surface area contributed by atoms with Gasteiger partial charge in [0.25, 0.3) is 0 Å². The Morgan fingerprint density at radius 2 is 2.05 bits per heavy atom. The van der Waals surface area contributed by atoms with Gasteiger partial charge < -0.3 is 15.6 Å². The molecule has 0 fully saturated rings. The van der Waals surface area contributed by atoms with E-state index < -0.39 is 23.7 Å². The summed E-state index contributed by atoms with van der Waals surface area (Å²) < 4.78 is 5.02. The molecule has 0 saturated carbocycles. The van der Waals surface area contributed by atoms with Crippen LogP contribution < -0.4 is 5.73 Å². The number of ether oxygens (including phenoxy) is 1. The van der Waals surface area contributed by atoms with Crippen LogP contribution in [0.15, 0.2) is 5.22 Å². The summed E-state index contributed by atoms with van der Waals surface area (Å²) >= 11 is 0. The maximum Gasteiger partial charge on any atom is 0.511 e. The van der Waals surface area contributed by atoms with Gasteiger partial charge in [0.05, 0.1) is 0 Å². The molecule has 0 aromatic carbocycles. The first kappa shape index (κ1) is 18.0. The van der Waals surface area contributed by atoms with Crippen molar-refractivity contribution >= 4 is 12.1 Å². The van der Waals surface area contributed by atoms with E-state index in [0.29, 0.717) is 24.4 Å². The number of amides is 1. The Labute approximate surface area is 117 Å². The Kier molecular flexibility index (Phi) is 7.42. The number of carbonyl (C=O) groups excluding carboxylic acids is 1. The summed E-state index contributed by atoms with van der Waals surface area (Å²) in [5, 5.41) is 12.8. The molecule has 1 unspecified atom stereocenters. The van der Waals surface area contributed by atoms with Crippen LogP contribution in [0.2, 0.25) is 0 Å². The van der Waals surface area contributed by atoms with Crippen LogP contribution in [0.4, 0.5) is 4.79 Å². The van der Waals surface area contributed by atoms with Crippen LogP contribution in [0.5, 0.6) is 0 Å². The summed E-state index contributed by atoms with van der Waals surface area (Å²) in [4.78, 5) is 25.6. The van der Waals surface area contributed by atoms with Crippen molar-refractivity contribution in [3.05, 3.63) is 10.4 Å². The lowest BCUT2D eigenvalue weighted by Crippen LogP contribution is -2.44. The van der Waals surface area contributed by atoms with E-state index in [1.54, 1.807) is 20.8 Å². The number of nitrogens with zero attached hydrogens (tertiary/aromatic N) is 4. The van der Waals surface area contributed by atoms with Gasteiger partial charge in [0, 0.05) is 0 Å². The highest BCUT2D eigenvalue weighted by atomic mass is 16.6. The van der Waals surface area contributed by atoms with Gasteiger partial charge in [-0.3, -0.25) is 0 Å². The largest absolute Gasteiger partial charge is 0.511 e. The average molecular weight is 287 g/mol. The van der Waals surface area contributed by atoms with Crippen LogP contribution in [0.25, 0.3) is 10.4 Å². The maximum absolute atomic E-state index is 11.9. The SMILES string of the molecule is CC(C)(C)OC(=O)N(N=[N+]=[N-])C(CCCCN)C(=O)O. The minimum atomic E-state index is -1.27. The van der Waals surface area contributed by atoms with E-state index in [1.165, 1.54) is 0 Å². The molecule has 0 saturated heterocycles. The molecule has 9 heteroatoms. The summed E-state index contributed by atoms with van der Waals surface area (Å²) in [6.45, 7) is 5.30. The van der Waals surface area contributed by atoms with Crippen LogP contribution in [0, 0.1) is 0 Å². The molecule has 20 heavy (non-hydrogen) atoms. The van der Waals surface area contributed by atoms with Crippen molar-refractivity contribution in [2.45, 2.75) is 51.7 Å². The molecule has 0 aliphatic heterocycles. The molecule has 0 spiro atoms. The zero-order chi connectivity index (χ0) is 15.8. The second-order valence-corrected chi connectivity index (χ2v) is 5.14. The van der Waals surface area contributed by atoms with Crippen molar-refractivity contribution in [2.24, 2.45) is 11.0 Å². The predicted octanol–water partition coefficient (Wildman–Crippen LogP) is 2.03. The Bertz CT molecular complexity index is 387. The molecule has 9 nitrogen and oxygen atoms in total. The van der Waals surface area contributed by atoms with Gasteiger partial charge in [0.1, 0.15) is 5.60 Å². The summed E-state index contributed by atoms with van der Waals surface area (Å²) in [5.74, 6) is -1.26. The number of unbranched alkanes of at least 4 members (excludes halogenated alkanes) is 1. The van der Waals surface area contributed by atoms with E-state index >= 15 is 0 Å². The molecule has 3 N–H and O–H groups in total. The fraction of sp³-hybridized carbons (Fsp3) is 0.818. The maximum atomic E-state index is 11.9. The first-order chi connectivity index (χ1) is 9.22. The van der Waals surface area contributed by atoms with E-state index in [9.17, 15) is 9.59 Å². The Morgan fingerprint density at radius 3 is 2.45 bits per heavy atom. The van der Waals surface area contributed by atoms with Gasteiger partial charge in [0.15, 0.2) is 0 Å².